The zero-order chi connectivity index (χ0) is 14.6. The summed E-state index contributed by atoms with van der Waals surface area (Å²) >= 11 is 5.71. The van der Waals surface area contributed by atoms with Crippen molar-refractivity contribution in [2.45, 2.75) is 25.2 Å². The van der Waals surface area contributed by atoms with E-state index in [0.29, 0.717) is 6.42 Å². The van der Waals surface area contributed by atoms with Gasteiger partial charge in [0.1, 0.15) is 5.82 Å². The molecule has 1 nitrogen and oxygen atoms in total. The van der Waals surface area contributed by atoms with Gasteiger partial charge in [-0.25, -0.2) is 4.39 Å². The Bertz CT molecular complexity index is 564. The molecule has 1 atom stereocenters. The number of benzene rings is 2. The summed E-state index contributed by atoms with van der Waals surface area (Å²) in [5.41, 5.74) is 1.52. The molecule has 0 fully saturated rings. The minimum Gasteiger partial charge on any atom is -0.395 e. The number of hydrogen-bond acceptors (Lipinski definition) is 1. The summed E-state index contributed by atoms with van der Waals surface area (Å²) in [6, 6.07) is 14.7. The van der Waals surface area contributed by atoms with Crippen LogP contribution in [0.15, 0.2) is 48.5 Å². The van der Waals surface area contributed by atoms with Crippen molar-refractivity contribution in [3.63, 3.8) is 0 Å². The minimum absolute atomic E-state index is 0.0256. The van der Waals surface area contributed by atoms with Gasteiger partial charge in [0.15, 0.2) is 0 Å². The van der Waals surface area contributed by atoms with Crippen LogP contribution in [0.1, 0.15) is 24.5 Å². The molecule has 0 aliphatic carbocycles. The second-order valence-corrected chi connectivity index (χ2v) is 5.49. The summed E-state index contributed by atoms with van der Waals surface area (Å²) in [6.45, 7) is 2.06. The van der Waals surface area contributed by atoms with Gasteiger partial charge in [-0.05, 0) is 36.1 Å². The highest BCUT2D eigenvalue weighted by Gasteiger charge is 2.30. The number of halogens is 2. The average molecular weight is 293 g/mol. The lowest BCUT2D eigenvalue weighted by Gasteiger charge is -2.31. The van der Waals surface area contributed by atoms with Gasteiger partial charge >= 0.3 is 0 Å². The van der Waals surface area contributed by atoms with Crippen LogP contribution in [0.4, 0.5) is 4.39 Å². The third-order valence-corrected chi connectivity index (χ3v) is 4.20. The van der Waals surface area contributed by atoms with Crippen molar-refractivity contribution in [1.29, 1.82) is 0 Å². The van der Waals surface area contributed by atoms with E-state index >= 15 is 0 Å². The van der Waals surface area contributed by atoms with Gasteiger partial charge in [-0.2, -0.15) is 0 Å². The Morgan fingerprint density at radius 2 is 1.85 bits per heavy atom. The highest BCUT2D eigenvalue weighted by atomic mass is 35.5. The Hall–Kier alpha value is -1.38. The van der Waals surface area contributed by atoms with E-state index < -0.39 is 5.82 Å². The topological polar surface area (TPSA) is 20.2 Å². The van der Waals surface area contributed by atoms with E-state index in [1.807, 2.05) is 43.3 Å². The van der Waals surface area contributed by atoms with Crippen molar-refractivity contribution in [3.8, 4) is 0 Å². The Balaban J connectivity index is 2.36. The van der Waals surface area contributed by atoms with Crippen LogP contribution < -0.4 is 0 Å². The first-order valence-electron chi connectivity index (χ1n) is 6.71. The second kappa shape index (κ2) is 6.38. The zero-order valence-corrected chi connectivity index (χ0v) is 12.2. The van der Waals surface area contributed by atoms with Gasteiger partial charge < -0.3 is 5.11 Å². The number of aliphatic hydroxyl groups excluding tert-OH is 1. The fourth-order valence-corrected chi connectivity index (χ4v) is 2.64. The first kappa shape index (κ1) is 15.0. The van der Waals surface area contributed by atoms with Gasteiger partial charge in [0.2, 0.25) is 0 Å². The van der Waals surface area contributed by atoms with Crippen molar-refractivity contribution in [2.75, 3.05) is 6.61 Å². The molecular weight excluding hydrogens is 275 g/mol. The fourth-order valence-electron chi connectivity index (χ4n) is 2.52. The first-order chi connectivity index (χ1) is 9.61. The van der Waals surface area contributed by atoms with Gasteiger partial charge in [-0.15, -0.1) is 0 Å². The molecule has 0 radical (unpaired) electrons. The Morgan fingerprint density at radius 3 is 2.40 bits per heavy atom. The molecule has 2 rings (SSSR count). The standard InChI is InChI=1S/C17H18ClFO/c1-2-17(12-20,14-6-4-3-5-7-14)11-13-8-9-15(18)16(19)10-13/h3-10,20H,2,11-12H2,1H3. The summed E-state index contributed by atoms with van der Waals surface area (Å²) in [4.78, 5) is 0. The molecule has 0 bridgehead atoms. The molecule has 0 aromatic heterocycles. The SMILES string of the molecule is CCC(CO)(Cc1ccc(Cl)c(F)c1)c1ccccc1. The molecule has 1 N–H and O–H groups in total. The number of rotatable bonds is 5. The van der Waals surface area contributed by atoms with Crippen molar-refractivity contribution in [3.05, 3.63) is 70.5 Å². The zero-order valence-electron chi connectivity index (χ0n) is 11.4. The van der Waals surface area contributed by atoms with E-state index in [1.54, 1.807) is 6.07 Å². The molecule has 0 amide bonds. The van der Waals surface area contributed by atoms with Gasteiger partial charge in [0, 0.05) is 5.41 Å². The van der Waals surface area contributed by atoms with Crippen LogP contribution in [0.3, 0.4) is 0 Å². The molecule has 0 aliphatic heterocycles. The quantitative estimate of drug-likeness (QED) is 0.868. The molecule has 0 aliphatic rings. The minimum atomic E-state index is -0.417. The lowest BCUT2D eigenvalue weighted by molar-refractivity contribution is 0.186. The molecule has 20 heavy (non-hydrogen) atoms. The molecule has 2 aromatic rings. The molecular formula is C17H18ClFO. The van der Waals surface area contributed by atoms with Crippen LogP contribution in [0.2, 0.25) is 5.02 Å². The van der Waals surface area contributed by atoms with Crippen LogP contribution in [-0.2, 0) is 11.8 Å². The van der Waals surface area contributed by atoms with Crippen molar-refractivity contribution >= 4 is 11.6 Å². The second-order valence-electron chi connectivity index (χ2n) is 5.08. The van der Waals surface area contributed by atoms with E-state index in [2.05, 4.69) is 0 Å². The fraction of sp³-hybridized carbons (Fsp3) is 0.294. The van der Waals surface area contributed by atoms with E-state index in [4.69, 9.17) is 11.6 Å². The Kier molecular flexibility index (Phi) is 4.79. The number of hydrogen-bond donors (Lipinski definition) is 1. The van der Waals surface area contributed by atoms with Crippen molar-refractivity contribution in [2.24, 2.45) is 0 Å². The summed E-state index contributed by atoms with van der Waals surface area (Å²) in [6.07, 6.45) is 1.36. The van der Waals surface area contributed by atoms with E-state index in [-0.39, 0.29) is 17.0 Å². The van der Waals surface area contributed by atoms with Crippen LogP contribution in [0.5, 0.6) is 0 Å². The average Bonchev–Trinajstić information content (AvgIpc) is 2.49. The predicted octanol–water partition coefficient (Wildman–Crippen LogP) is 4.36. The van der Waals surface area contributed by atoms with Crippen molar-refractivity contribution < 1.29 is 9.50 Å². The molecule has 0 saturated carbocycles. The largest absolute Gasteiger partial charge is 0.395 e. The van der Waals surface area contributed by atoms with Crippen LogP contribution in [-0.4, -0.2) is 11.7 Å². The summed E-state index contributed by atoms with van der Waals surface area (Å²) in [5.74, 6) is -0.417. The normalized spacial score (nSPS) is 14.0. The van der Waals surface area contributed by atoms with Gasteiger partial charge in [-0.3, -0.25) is 0 Å². The molecule has 3 heteroatoms. The van der Waals surface area contributed by atoms with Gasteiger partial charge in [0.25, 0.3) is 0 Å². The van der Waals surface area contributed by atoms with E-state index in [0.717, 1.165) is 17.5 Å². The highest BCUT2D eigenvalue weighted by molar-refractivity contribution is 6.30. The Morgan fingerprint density at radius 1 is 1.15 bits per heavy atom. The highest BCUT2D eigenvalue weighted by Crippen LogP contribution is 2.32. The van der Waals surface area contributed by atoms with Crippen LogP contribution >= 0.6 is 11.6 Å². The lowest BCUT2D eigenvalue weighted by atomic mass is 9.74. The monoisotopic (exact) mass is 292 g/mol. The molecule has 106 valence electrons. The smallest absolute Gasteiger partial charge is 0.142 e. The maximum atomic E-state index is 13.6. The lowest BCUT2D eigenvalue weighted by Crippen LogP contribution is -2.32. The summed E-state index contributed by atoms with van der Waals surface area (Å²) in [7, 11) is 0. The molecule has 1 unspecified atom stereocenters. The maximum absolute atomic E-state index is 13.6. The third-order valence-electron chi connectivity index (χ3n) is 3.89. The van der Waals surface area contributed by atoms with Gasteiger partial charge in [-0.1, -0.05) is 54.9 Å². The maximum Gasteiger partial charge on any atom is 0.142 e. The summed E-state index contributed by atoms with van der Waals surface area (Å²) < 4.78 is 13.6. The molecule has 0 saturated heterocycles. The van der Waals surface area contributed by atoms with Crippen molar-refractivity contribution in [1.82, 2.24) is 0 Å². The Labute approximate surface area is 124 Å². The van der Waals surface area contributed by atoms with Crippen LogP contribution in [0.25, 0.3) is 0 Å². The first-order valence-corrected chi connectivity index (χ1v) is 7.09. The molecule has 0 heterocycles. The predicted molar refractivity (Wildman–Crippen MR) is 80.6 cm³/mol. The molecule has 2 aromatic carbocycles. The van der Waals surface area contributed by atoms with Crippen LogP contribution in [0, 0.1) is 5.82 Å². The molecule has 0 spiro atoms. The van der Waals surface area contributed by atoms with E-state index in [9.17, 15) is 9.50 Å². The summed E-state index contributed by atoms with van der Waals surface area (Å²) in [5, 5.41) is 10.0. The van der Waals surface area contributed by atoms with Gasteiger partial charge in [0.05, 0.1) is 11.6 Å². The number of aliphatic hydroxyl groups is 1. The third kappa shape index (κ3) is 3.02. The van der Waals surface area contributed by atoms with E-state index in [1.165, 1.54) is 6.07 Å².